The summed E-state index contributed by atoms with van der Waals surface area (Å²) in [4.78, 5) is 15.2. The molecule has 0 heterocycles. The molecular weight excluding hydrogens is 301 g/mol. The van der Waals surface area contributed by atoms with E-state index in [9.17, 15) is 9.18 Å². The van der Waals surface area contributed by atoms with Gasteiger partial charge in [-0.15, -0.1) is 0 Å². The van der Waals surface area contributed by atoms with E-state index >= 15 is 0 Å². The molecule has 0 aliphatic heterocycles. The number of ketones is 1. The Kier molecular flexibility index (Phi) is 5.89. The molecule has 2 aromatic rings. The molecule has 0 radical (unpaired) electrons. The van der Waals surface area contributed by atoms with Gasteiger partial charge in [-0.1, -0.05) is 55.5 Å². The van der Waals surface area contributed by atoms with Crippen LogP contribution in [0, 0.1) is 5.82 Å². The third kappa shape index (κ3) is 3.41. The lowest BCUT2D eigenvalue weighted by molar-refractivity contribution is -0.123. The van der Waals surface area contributed by atoms with Crippen molar-refractivity contribution in [1.82, 2.24) is 4.90 Å². The predicted molar refractivity (Wildman–Crippen MR) is 96.7 cm³/mol. The number of benzene rings is 2. The molecule has 0 spiro atoms. The highest BCUT2D eigenvalue weighted by atomic mass is 19.1. The Hall–Kier alpha value is -2.00. The monoisotopic (exact) mass is 327 g/mol. The lowest BCUT2D eigenvalue weighted by atomic mass is 9.66. The van der Waals surface area contributed by atoms with Crippen LogP contribution >= 0.6 is 0 Å². The standard InChI is InChI=1S/C21H26FNO/c1-5-20(24)21(15-16(2)23(3)4,17-11-7-6-8-12-17)18-13-9-10-14-19(18)22/h6-14,16H,5,15H2,1-4H3/t16-,21?/m0/s1. The summed E-state index contributed by atoms with van der Waals surface area (Å²) < 4.78 is 14.8. The Labute approximate surface area is 144 Å². The fourth-order valence-corrected chi connectivity index (χ4v) is 3.27. The van der Waals surface area contributed by atoms with Gasteiger partial charge in [-0.3, -0.25) is 4.79 Å². The van der Waals surface area contributed by atoms with Crippen LogP contribution < -0.4 is 0 Å². The number of rotatable bonds is 7. The predicted octanol–water partition coefficient (Wildman–Crippen LogP) is 4.43. The molecule has 1 unspecified atom stereocenters. The van der Waals surface area contributed by atoms with Gasteiger partial charge in [0.05, 0.1) is 5.41 Å². The SMILES string of the molecule is CCC(=O)C(C[C@H](C)N(C)C)(c1ccccc1)c1ccccc1F. The molecule has 0 fully saturated rings. The average molecular weight is 327 g/mol. The van der Waals surface area contributed by atoms with Gasteiger partial charge in [-0.25, -0.2) is 4.39 Å². The van der Waals surface area contributed by atoms with Crippen molar-refractivity contribution in [3.63, 3.8) is 0 Å². The Balaban J connectivity index is 2.74. The molecule has 0 saturated carbocycles. The van der Waals surface area contributed by atoms with Gasteiger partial charge in [0, 0.05) is 18.0 Å². The fourth-order valence-electron chi connectivity index (χ4n) is 3.27. The average Bonchev–Trinajstić information content (AvgIpc) is 2.60. The highest BCUT2D eigenvalue weighted by Gasteiger charge is 2.43. The molecule has 3 heteroatoms. The van der Waals surface area contributed by atoms with Gasteiger partial charge < -0.3 is 4.90 Å². The minimum atomic E-state index is -0.967. The quantitative estimate of drug-likeness (QED) is 0.750. The van der Waals surface area contributed by atoms with Crippen LogP contribution in [0.15, 0.2) is 54.6 Å². The summed E-state index contributed by atoms with van der Waals surface area (Å²) in [5.74, 6) is -0.276. The highest BCUT2D eigenvalue weighted by molar-refractivity contribution is 5.93. The number of hydrogen-bond acceptors (Lipinski definition) is 2. The van der Waals surface area contributed by atoms with E-state index in [1.807, 2.05) is 51.4 Å². The summed E-state index contributed by atoms with van der Waals surface area (Å²) in [7, 11) is 3.97. The smallest absolute Gasteiger partial charge is 0.147 e. The zero-order valence-corrected chi connectivity index (χ0v) is 14.9. The molecule has 2 atom stereocenters. The summed E-state index contributed by atoms with van der Waals surface area (Å²) in [5.41, 5.74) is 0.359. The topological polar surface area (TPSA) is 20.3 Å². The minimum absolute atomic E-state index is 0.0486. The molecule has 24 heavy (non-hydrogen) atoms. The van der Waals surface area contributed by atoms with Crippen molar-refractivity contribution < 1.29 is 9.18 Å². The van der Waals surface area contributed by atoms with Crippen molar-refractivity contribution in [2.75, 3.05) is 14.1 Å². The molecule has 0 amide bonds. The number of nitrogens with zero attached hydrogens (tertiary/aromatic N) is 1. The second-order valence-electron chi connectivity index (χ2n) is 6.54. The van der Waals surface area contributed by atoms with Crippen molar-refractivity contribution in [3.05, 3.63) is 71.5 Å². The van der Waals surface area contributed by atoms with Crippen molar-refractivity contribution >= 4 is 5.78 Å². The summed E-state index contributed by atoms with van der Waals surface area (Å²) >= 11 is 0. The van der Waals surface area contributed by atoms with Crippen LogP contribution in [0.25, 0.3) is 0 Å². The Morgan fingerprint density at radius 1 is 1.08 bits per heavy atom. The molecule has 0 aromatic heterocycles. The largest absolute Gasteiger partial charge is 0.307 e. The maximum Gasteiger partial charge on any atom is 0.147 e. The van der Waals surface area contributed by atoms with E-state index in [4.69, 9.17) is 0 Å². The van der Waals surface area contributed by atoms with Crippen LogP contribution in [0.3, 0.4) is 0 Å². The molecule has 0 N–H and O–H groups in total. The fraction of sp³-hybridized carbons (Fsp3) is 0.381. The van der Waals surface area contributed by atoms with E-state index in [0.717, 1.165) is 5.56 Å². The van der Waals surface area contributed by atoms with Crippen LogP contribution in [0.5, 0.6) is 0 Å². The number of halogens is 1. The second kappa shape index (κ2) is 7.71. The van der Waals surface area contributed by atoms with E-state index < -0.39 is 5.41 Å². The Morgan fingerprint density at radius 3 is 2.21 bits per heavy atom. The van der Waals surface area contributed by atoms with Crippen molar-refractivity contribution in [2.24, 2.45) is 0 Å². The summed E-state index contributed by atoms with van der Waals surface area (Å²) in [6.07, 6.45) is 0.904. The summed E-state index contributed by atoms with van der Waals surface area (Å²) in [6, 6.07) is 16.4. The Bertz CT molecular complexity index is 683. The normalized spacial score (nSPS) is 15.1. The zero-order valence-electron chi connectivity index (χ0n) is 14.9. The molecule has 2 aromatic carbocycles. The number of Topliss-reactive ketones (excluding diaryl/α,β-unsaturated/α-hetero) is 1. The van der Waals surface area contributed by atoms with Gasteiger partial charge in [-0.2, -0.15) is 0 Å². The van der Waals surface area contributed by atoms with Crippen LogP contribution in [-0.4, -0.2) is 30.8 Å². The van der Waals surface area contributed by atoms with Crippen LogP contribution in [0.1, 0.15) is 37.8 Å². The van der Waals surface area contributed by atoms with Crippen LogP contribution in [0.4, 0.5) is 4.39 Å². The Morgan fingerprint density at radius 2 is 1.67 bits per heavy atom. The van der Waals surface area contributed by atoms with Gasteiger partial charge in [0.15, 0.2) is 0 Å². The minimum Gasteiger partial charge on any atom is -0.307 e. The number of carbonyl (C=O) groups excluding carboxylic acids is 1. The van der Waals surface area contributed by atoms with E-state index in [2.05, 4.69) is 11.8 Å². The third-order valence-electron chi connectivity index (χ3n) is 4.88. The first-order valence-electron chi connectivity index (χ1n) is 8.43. The van der Waals surface area contributed by atoms with Crippen LogP contribution in [-0.2, 0) is 10.2 Å². The molecular formula is C21H26FNO. The summed E-state index contributed by atoms with van der Waals surface area (Å²) in [6.45, 7) is 3.92. The van der Waals surface area contributed by atoms with Gasteiger partial charge >= 0.3 is 0 Å². The third-order valence-corrected chi connectivity index (χ3v) is 4.88. The molecule has 0 bridgehead atoms. The van der Waals surface area contributed by atoms with Gasteiger partial charge in [-0.05, 0) is 39.1 Å². The molecule has 2 rings (SSSR count). The molecule has 2 nitrogen and oxygen atoms in total. The first-order chi connectivity index (χ1) is 11.4. The van der Waals surface area contributed by atoms with E-state index in [-0.39, 0.29) is 17.6 Å². The van der Waals surface area contributed by atoms with Gasteiger partial charge in [0.1, 0.15) is 11.6 Å². The number of hydrogen-bond donors (Lipinski definition) is 0. The van der Waals surface area contributed by atoms with Crippen molar-refractivity contribution in [1.29, 1.82) is 0 Å². The van der Waals surface area contributed by atoms with E-state index in [1.54, 1.807) is 18.2 Å². The van der Waals surface area contributed by atoms with E-state index in [0.29, 0.717) is 18.4 Å². The van der Waals surface area contributed by atoms with Crippen molar-refractivity contribution in [2.45, 2.75) is 38.1 Å². The first kappa shape index (κ1) is 18.3. The second-order valence-corrected chi connectivity index (χ2v) is 6.54. The van der Waals surface area contributed by atoms with Crippen molar-refractivity contribution in [3.8, 4) is 0 Å². The lowest BCUT2D eigenvalue weighted by Crippen LogP contribution is -2.43. The van der Waals surface area contributed by atoms with Gasteiger partial charge in [0.2, 0.25) is 0 Å². The van der Waals surface area contributed by atoms with E-state index in [1.165, 1.54) is 6.07 Å². The first-order valence-corrected chi connectivity index (χ1v) is 8.43. The number of carbonyl (C=O) groups is 1. The van der Waals surface area contributed by atoms with Gasteiger partial charge in [0.25, 0.3) is 0 Å². The maximum absolute atomic E-state index is 14.8. The molecule has 0 saturated heterocycles. The van der Waals surface area contributed by atoms with Crippen LogP contribution in [0.2, 0.25) is 0 Å². The molecule has 0 aliphatic rings. The molecule has 0 aliphatic carbocycles. The lowest BCUT2D eigenvalue weighted by Gasteiger charge is -2.37. The maximum atomic E-state index is 14.8. The highest BCUT2D eigenvalue weighted by Crippen LogP contribution is 2.40. The molecule has 128 valence electrons. The zero-order chi connectivity index (χ0) is 17.7. The summed E-state index contributed by atoms with van der Waals surface area (Å²) in [5, 5.41) is 0.